The van der Waals surface area contributed by atoms with Gasteiger partial charge in [0, 0.05) is 10.4 Å². The maximum absolute atomic E-state index is 13.2. The van der Waals surface area contributed by atoms with Crippen molar-refractivity contribution in [1.29, 1.82) is 0 Å². The fourth-order valence-electron chi connectivity index (χ4n) is 3.25. The summed E-state index contributed by atoms with van der Waals surface area (Å²) in [6.45, 7) is 1.96. The average molecular weight is 469 g/mol. The Labute approximate surface area is 177 Å². The second kappa shape index (κ2) is 7.34. The first-order valence-corrected chi connectivity index (χ1v) is 12.6. The summed E-state index contributed by atoms with van der Waals surface area (Å²) >= 11 is 1.05. The lowest BCUT2D eigenvalue weighted by Gasteiger charge is -2.31. The van der Waals surface area contributed by atoms with E-state index in [-0.39, 0.29) is 27.9 Å². The quantitative estimate of drug-likeness (QED) is 0.633. The molecule has 11 heteroatoms. The Hall–Kier alpha value is -2.47. The molecule has 0 saturated carbocycles. The molecule has 1 aliphatic heterocycles. The maximum atomic E-state index is 13.2. The number of rotatable bonds is 4. The summed E-state index contributed by atoms with van der Waals surface area (Å²) in [4.78, 5) is 0.692. The number of sulfonamides is 2. The van der Waals surface area contributed by atoms with Gasteiger partial charge in [0.1, 0.15) is 22.4 Å². The summed E-state index contributed by atoms with van der Waals surface area (Å²) in [5.74, 6) is -0.193. The highest BCUT2D eigenvalue weighted by Crippen LogP contribution is 2.41. The third-order valence-corrected chi connectivity index (χ3v) is 8.93. The first kappa shape index (κ1) is 20.8. The van der Waals surface area contributed by atoms with Crippen LogP contribution in [0.4, 0.5) is 10.1 Å². The monoisotopic (exact) mass is 468 g/mol. The van der Waals surface area contributed by atoms with E-state index in [2.05, 4.69) is 0 Å². The molecule has 158 valence electrons. The van der Waals surface area contributed by atoms with Gasteiger partial charge in [0.2, 0.25) is 10.0 Å². The van der Waals surface area contributed by atoms with Crippen molar-refractivity contribution in [3.63, 3.8) is 0 Å². The Bertz CT molecular complexity index is 1330. The van der Waals surface area contributed by atoms with Gasteiger partial charge >= 0.3 is 0 Å². The molecule has 2 N–H and O–H groups in total. The number of hydrogen-bond donors (Lipinski definition) is 1. The zero-order valence-corrected chi connectivity index (χ0v) is 18.2. The number of benzene rings is 2. The van der Waals surface area contributed by atoms with Crippen LogP contribution in [0.25, 0.3) is 11.1 Å². The fraction of sp³-hybridized carbons (Fsp3) is 0.158. The van der Waals surface area contributed by atoms with Crippen molar-refractivity contribution < 1.29 is 26.0 Å². The van der Waals surface area contributed by atoms with Crippen molar-refractivity contribution in [1.82, 2.24) is 0 Å². The van der Waals surface area contributed by atoms with Crippen LogP contribution in [0.3, 0.4) is 0 Å². The van der Waals surface area contributed by atoms with Gasteiger partial charge in [-0.15, -0.1) is 11.3 Å². The molecule has 3 aromatic rings. The zero-order valence-electron chi connectivity index (χ0n) is 15.7. The number of halogens is 1. The standard InChI is InChI=1S/C19H17FN2O5S3/c1-12-10-16(19(28-12)29(21,23)24)13-2-7-18-17(11-13)22(8-9-27-18)30(25,26)15-5-3-14(20)4-6-15/h2-7,10-11H,8-9H2,1H3,(H2,21,23,24). The van der Waals surface area contributed by atoms with Crippen LogP contribution in [0.5, 0.6) is 5.75 Å². The molecule has 0 amide bonds. The minimum atomic E-state index is -3.98. The maximum Gasteiger partial charge on any atom is 0.264 e. The second-order valence-corrected chi connectivity index (χ2v) is 11.5. The molecule has 4 rings (SSSR count). The van der Waals surface area contributed by atoms with Gasteiger partial charge in [0.05, 0.1) is 17.1 Å². The second-order valence-electron chi connectivity index (χ2n) is 6.67. The number of primary sulfonamides is 1. The Balaban J connectivity index is 1.85. The number of fused-ring (bicyclic) bond motifs is 1. The predicted molar refractivity (Wildman–Crippen MR) is 112 cm³/mol. The average Bonchev–Trinajstić information content (AvgIpc) is 3.10. The molecule has 0 radical (unpaired) electrons. The van der Waals surface area contributed by atoms with Gasteiger partial charge in [-0.2, -0.15) is 0 Å². The minimum absolute atomic E-state index is 0.00428. The van der Waals surface area contributed by atoms with Gasteiger partial charge in [0.25, 0.3) is 10.0 Å². The molecular formula is C19H17FN2O5S3. The molecule has 30 heavy (non-hydrogen) atoms. The van der Waals surface area contributed by atoms with Crippen molar-refractivity contribution in [2.45, 2.75) is 16.0 Å². The highest BCUT2D eigenvalue weighted by Gasteiger charge is 2.31. The summed E-state index contributed by atoms with van der Waals surface area (Å²) in [7, 11) is -7.93. The third kappa shape index (κ3) is 3.69. The highest BCUT2D eigenvalue weighted by atomic mass is 32.2. The summed E-state index contributed by atoms with van der Waals surface area (Å²) in [6.07, 6.45) is 0. The van der Waals surface area contributed by atoms with Gasteiger partial charge in [-0.05, 0) is 55.0 Å². The summed E-state index contributed by atoms with van der Waals surface area (Å²) in [6, 6.07) is 11.1. The third-order valence-electron chi connectivity index (χ3n) is 4.57. The van der Waals surface area contributed by atoms with E-state index < -0.39 is 25.9 Å². The lowest BCUT2D eigenvalue weighted by molar-refractivity contribution is 0.316. The number of nitrogens with zero attached hydrogens (tertiary/aromatic N) is 1. The number of thiophene rings is 1. The van der Waals surface area contributed by atoms with Gasteiger partial charge in [-0.25, -0.2) is 26.4 Å². The van der Waals surface area contributed by atoms with Gasteiger partial charge < -0.3 is 4.74 Å². The summed E-state index contributed by atoms with van der Waals surface area (Å²) in [5, 5.41) is 5.35. The highest BCUT2D eigenvalue weighted by molar-refractivity contribution is 7.93. The number of nitrogens with two attached hydrogens (primary N) is 1. The molecule has 7 nitrogen and oxygen atoms in total. The SMILES string of the molecule is Cc1cc(-c2ccc3c(c2)N(S(=O)(=O)c2ccc(F)cc2)CCO3)c(S(N)(=O)=O)s1. The lowest BCUT2D eigenvalue weighted by Crippen LogP contribution is -2.37. The molecule has 0 bridgehead atoms. The van der Waals surface area contributed by atoms with Crippen molar-refractivity contribution in [2.75, 3.05) is 17.5 Å². The van der Waals surface area contributed by atoms with Gasteiger partial charge in [-0.3, -0.25) is 4.31 Å². The van der Waals surface area contributed by atoms with E-state index >= 15 is 0 Å². The number of ether oxygens (including phenoxy) is 1. The van der Waals surface area contributed by atoms with Crippen molar-refractivity contribution >= 4 is 37.1 Å². The zero-order chi connectivity index (χ0) is 21.7. The molecule has 2 heterocycles. The fourth-order valence-corrected chi connectivity index (χ4v) is 6.80. The van der Waals surface area contributed by atoms with Gasteiger partial charge in [0.15, 0.2) is 0 Å². The van der Waals surface area contributed by atoms with Crippen LogP contribution in [0.2, 0.25) is 0 Å². The van der Waals surface area contributed by atoms with Crippen LogP contribution < -0.4 is 14.2 Å². The van der Waals surface area contributed by atoms with Crippen LogP contribution in [0.15, 0.2) is 57.6 Å². The van der Waals surface area contributed by atoms with E-state index in [1.807, 2.05) is 0 Å². The molecule has 0 spiro atoms. The molecule has 0 atom stereocenters. The minimum Gasteiger partial charge on any atom is -0.489 e. The molecule has 2 aromatic carbocycles. The van der Waals surface area contributed by atoms with Crippen LogP contribution in [-0.4, -0.2) is 30.0 Å². The van der Waals surface area contributed by atoms with Crippen LogP contribution in [0.1, 0.15) is 4.88 Å². The summed E-state index contributed by atoms with van der Waals surface area (Å²) < 4.78 is 70.4. The predicted octanol–water partition coefficient (Wildman–Crippen LogP) is 3.10. The van der Waals surface area contributed by atoms with E-state index in [0.717, 1.165) is 28.3 Å². The van der Waals surface area contributed by atoms with Crippen molar-refractivity contribution in [3.8, 4) is 16.9 Å². The number of aryl methyl sites for hydroxylation is 1. The normalized spacial score (nSPS) is 14.3. The van der Waals surface area contributed by atoms with E-state index in [1.165, 1.54) is 16.4 Å². The molecule has 1 aliphatic rings. The number of hydrogen-bond acceptors (Lipinski definition) is 6. The van der Waals surface area contributed by atoms with Crippen molar-refractivity contribution in [3.05, 3.63) is 59.2 Å². The topological polar surface area (TPSA) is 107 Å². The molecule has 1 aromatic heterocycles. The largest absolute Gasteiger partial charge is 0.489 e. The smallest absolute Gasteiger partial charge is 0.264 e. The molecule has 0 unspecified atom stereocenters. The molecule has 0 fully saturated rings. The van der Waals surface area contributed by atoms with E-state index in [9.17, 15) is 21.2 Å². The van der Waals surface area contributed by atoms with E-state index in [0.29, 0.717) is 16.9 Å². The molecular weight excluding hydrogens is 451 g/mol. The Morgan fingerprint density at radius 1 is 1.07 bits per heavy atom. The van der Waals surface area contributed by atoms with Gasteiger partial charge in [-0.1, -0.05) is 6.07 Å². The Kier molecular flexibility index (Phi) is 5.09. The first-order valence-electron chi connectivity index (χ1n) is 8.76. The number of anilines is 1. The van der Waals surface area contributed by atoms with Crippen LogP contribution >= 0.6 is 11.3 Å². The van der Waals surface area contributed by atoms with Crippen molar-refractivity contribution in [2.24, 2.45) is 5.14 Å². The first-order chi connectivity index (χ1) is 14.1. The van der Waals surface area contributed by atoms with Crippen LogP contribution in [-0.2, 0) is 20.0 Å². The Morgan fingerprint density at radius 2 is 1.77 bits per heavy atom. The lowest BCUT2D eigenvalue weighted by atomic mass is 10.1. The Morgan fingerprint density at radius 3 is 2.43 bits per heavy atom. The summed E-state index contributed by atoms with van der Waals surface area (Å²) in [5.41, 5.74) is 1.16. The van der Waals surface area contributed by atoms with E-state index in [1.54, 1.807) is 31.2 Å². The van der Waals surface area contributed by atoms with E-state index in [4.69, 9.17) is 9.88 Å². The molecule has 0 aliphatic carbocycles. The molecule has 0 saturated heterocycles. The van der Waals surface area contributed by atoms with Crippen LogP contribution in [0, 0.1) is 12.7 Å².